The van der Waals surface area contributed by atoms with Crippen LogP contribution in [-0.4, -0.2) is 36.7 Å². The Bertz CT molecular complexity index is 580. The van der Waals surface area contributed by atoms with Gasteiger partial charge in [0.2, 0.25) is 0 Å². The van der Waals surface area contributed by atoms with Gasteiger partial charge in [0.25, 0.3) is 0 Å². The van der Waals surface area contributed by atoms with Crippen LogP contribution in [0.15, 0.2) is 17.3 Å². The summed E-state index contributed by atoms with van der Waals surface area (Å²) in [6, 6.07) is 4.03. The molecule has 0 radical (unpaired) electrons. The lowest BCUT2D eigenvalue weighted by molar-refractivity contribution is -0.133. The third kappa shape index (κ3) is 3.55. The molecule has 0 amide bonds. The van der Waals surface area contributed by atoms with Crippen LogP contribution < -0.4 is 0 Å². The number of nitrogens with zero attached hydrogens (tertiary/aromatic N) is 3. The van der Waals surface area contributed by atoms with Crippen molar-refractivity contribution in [1.29, 1.82) is 0 Å². The lowest BCUT2D eigenvalue weighted by Crippen LogP contribution is -2.07. The van der Waals surface area contributed by atoms with Crippen molar-refractivity contribution < 1.29 is 15.0 Å². The normalized spacial score (nSPS) is 10.8. The Morgan fingerprint density at radius 3 is 2.84 bits per heavy atom. The van der Waals surface area contributed by atoms with Crippen molar-refractivity contribution in [3.05, 3.63) is 27.7 Å². The van der Waals surface area contributed by atoms with E-state index in [1.807, 2.05) is 19.1 Å². The molecule has 2 aromatic heterocycles. The Morgan fingerprint density at radius 2 is 2.26 bits per heavy atom. The number of rotatable bonds is 6. The summed E-state index contributed by atoms with van der Waals surface area (Å²) < 4.78 is 1.75. The number of aliphatic hydroxyl groups excluding tert-OH is 1. The monoisotopic (exact) mass is 299 g/mol. The summed E-state index contributed by atoms with van der Waals surface area (Å²) >= 11 is 2.76. The van der Waals surface area contributed by atoms with Gasteiger partial charge in [-0.1, -0.05) is 11.8 Å². The molecule has 0 bridgehead atoms. The van der Waals surface area contributed by atoms with E-state index in [1.165, 1.54) is 4.88 Å². The van der Waals surface area contributed by atoms with Gasteiger partial charge in [-0.3, -0.25) is 9.36 Å². The van der Waals surface area contributed by atoms with Gasteiger partial charge in [0.15, 0.2) is 11.0 Å². The fraction of sp³-hybridized carbons (Fsp3) is 0.364. The molecular formula is C11H13N3O3S2. The molecule has 0 spiro atoms. The largest absolute Gasteiger partial charge is 0.481 e. The highest BCUT2D eigenvalue weighted by Gasteiger charge is 2.14. The van der Waals surface area contributed by atoms with Crippen LogP contribution in [0.3, 0.4) is 0 Å². The predicted molar refractivity (Wildman–Crippen MR) is 72.5 cm³/mol. The average Bonchev–Trinajstić information content (AvgIpc) is 2.94. The quantitative estimate of drug-likeness (QED) is 0.783. The molecule has 0 aliphatic rings. The number of thiophene rings is 1. The lowest BCUT2D eigenvalue weighted by atomic mass is 10.4. The van der Waals surface area contributed by atoms with Gasteiger partial charge in [0, 0.05) is 9.75 Å². The number of aliphatic hydroxyl groups is 1. The zero-order valence-corrected chi connectivity index (χ0v) is 11.9. The minimum atomic E-state index is -0.905. The number of aliphatic carboxylic acids is 1. The highest BCUT2D eigenvalue weighted by Crippen LogP contribution is 2.22. The van der Waals surface area contributed by atoms with Crippen LogP contribution in [-0.2, 0) is 17.9 Å². The van der Waals surface area contributed by atoms with Gasteiger partial charge >= 0.3 is 5.97 Å². The summed E-state index contributed by atoms with van der Waals surface area (Å²) in [6.45, 7) is 2.35. The summed E-state index contributed by atoms with van der Waals surface area (Å²) in [6.07, 6.45) is 0. The Labute approximate surface area is 118 Å². The Hall–Kier alpha value is -1.38. The van der Waals surface area contributed by atoms with Crippen molar-refractivity contribution in [2.75, 3.05) is 5.75 Å². The first kappa shape index (κ1) is 14.0. The lowest BCUT2D eigenvalue weighted by Gasteiger charge is -2.06. The highest BCUT2D eigenvalue weighted by molar-refractivity contribution is 7.99. The van der Waals surface area contributed by atoms with Crippen LogP contribution in [0.1, 0.15) is 15.6 Å². The van der Waals surface area contributed by atoms with E-state index in [9.17, 15) is 9.90 Å². The van der Waals surface area contributed by atoms with E-state index >= 15 is 0 Å². The van der Waals surface area contributed by atoms with E-state index in [1.54, 1.807) is 15.9 Å². The third-order valence-corrected chi connectivity index (χ3v) is 4.31. The second kappa shape index (κ2) is 6.18. The summed E-state index contributed by atoms with van der Waals surface area (Å²) in [5.74, 6) is -0.538. The van der Waals surface area contributed by atoms with Crippen LogP contribution in [0.2, 0.25) is 0 Å². The molecule has 19 heavy (non-hydrogen) atoms. The molecule has 2 N–H and O–H groups in total. The molecule has 8 heteroatoms. The van der Waals surface area contributed by atoms with E-state index in [2.05, 4.69) is 10.2 Å². The van der Waals surface area contributed by atoms with Crippen LogP contribution in [0.25, 0.3) is 0 Å². The number of hydrogen-bond donors (Lipinski definition) is 2. The van der Waals surface area contributed by atoms with Crippen molar-refractivity contribution in [1.82, 2.24) is 14.8 Å². The molecule has 0 fully saturated rings. The van der Waals surface area contributed by atoms with Gasteiger partial charge in [0.05, 0.1) is 12.3 Å². The molecule has 0 unspecified atom stereocenters. The Morgan fingerprint density at radius 1 is 1.47 bits per heavy atom. The fourth-order valence-electron chi connectivity index (χ4n) is 1.55. The predicted octanol–water partition coefficient (Wildman–Crippen LogP) is 1.37. The van der Waals surface area contributed by atoms with Crippen molar-refractivity contribution in [3.63, 3.8) is 0 Å². The number of carboxylic acid groups (broad SMARTS) is 1. The van der Waals surface area contributed by atoms with E-state index in [0.717, 1.165) is 16.6 Å². The van der Waals surface area contributed by atoms with Crippen molar-refractivity contribution >= 4 is 29.1 Å². The van der Waals surface area contributed by atoms with E-state index in [-0.39, 0.29) is 12.4 Å². The number of thioether (sulfide) groups is 1. The zero-order valence-electron chi connectivity index (χ0n) is 10.2. The Kier molecular flexibility index (Phi) is 4.56. The number of aryl methyl sites for hydroxylation is 1. The minimum Gasteiger partial charge on any atom is -0.481 e. The minimum absolute atomic E-state index is 0.0764. The van der Waals surface area contributed by atoms with Gasteiger partial charge in [0.1, 0.15) is 6.61 Å². The Balaban J connectivity index is 2.20. The molecular weight excluding hydrogens is 286 g/mol. The molecule has 0 saturated heterocycles. The summed E-state index contributed by atoms with van der Waals surface area (Å²) in [7, 11) is 0. The summed E-state index contributed by atoms with van der Waals surface area (Å²) in [5, 5.41) is 26.2. The van der Waals surface area contributed by atoms with E-state index in [0.29, 0.717) is 17.5 Å². The van der Waals surface area contributed by atoms with Gasteiger partial charge < -0.3 is 10.2 Å². The smallest absolute Gasteiger partial charge is 0.313 e. The standard InChI is InChI=1S/C11H13N3O3S2/c1-7-2-3-8(19-7)4-14-9(5-15)12-13-11(14)18-6-10(16)17/h2-3,15H,4-6H2,1H3,(H,16,17). The summed E-state index contributed by atoms with van der Waals surface area (Å²) in [5.41, 5.74) is 0. The molecule has 2 rings (SSSR count). The third-order valence-electron chi connectivity index (χ3n) is 2.37. The topological polar surface area (TPSA) is 88.2 Å². The number of carbonyl (C=O) groups is 1. The van der Waals surface area contributed by atoms with E-state index in [4.69, 9.17) is 5.11 Å². The number of aromatic nitrogens is 3. The van der Waals surface area contributed by atoms with E-state index < -0.39 is 5.97 Å². The fourth-order valence-corrected chi connectivity index (χ4v) is 3.11. The molecule has 0 atom stereocenters. The van der Waals surface area contributed by atoms with Crippen LogP contribution in [0, 0.1) is 6.92 Å². The first-order valence-electron chi connectivity index (χ1n) is 5.53. The van der Waals surface area contributed by atoms with Crippen molar-refractivity contribution in [2.24, 2.45) is 0 Å². The van der Waals surface area contributed by atoms with Crippen LogP contribution in [0.5, 0.6) is 0 Å². The molecule has 2 aromatic rings. The second-order valence-electron chi connectivity index (χ2n) is 3.84. The van der Waals surface area contributed by atoms with Crippen molar-refractivity contribution in [3.8, 4) is 0 Å². The highest BCUT2D eigenvalue weighted by atomic mass is 32.2. The maximum atomic E-state index is 10.6. The SMILES string of the molecule is Cc1ccc(Cn2c(CO)nnc2SCC(=O)O)s1. The molecule has 102 valence electrons. The second-order valence-corrected chi connectivity index (χ2v) is 6.15. The summed E-state index contributed by atoms with van der Waals surface area (Å²) in [4.78, 5) is 12.9. The van der Waals surface area contributed by atoms with Crippen LogP contribution >= 0.6 is 23.1 Å². The first-order chi connectivity index (χ1) is 9.10. The molecule has 0 aromatic carbocycles. The number of hydrogen-bond acceptors (Lipinski definition) is 6. The van der Waals surface area contributed by atoms with Gasteiger partial charge in [-0.2, -0.15) is 0 Å². The molecule has 0 saturated carbocycles. The average molecular weight is 299 g/mol. The van der Waals surface area contributed by atoms with Crippen molar-refractivity contribution in [2.45, 2.75) is 25.2 Å². The zero-order chi connectivity index (χ0) is 13.8. The first-order valence-corrected chi connectivity index (χ1v) is 7.33. The number of carboxylic acids is 1. The molecule has 6 nitrogen and oxygen atoms in total. The maximum Gasteiger partial charge on any atom is 0.313 e. The van der Waals surface area contributed by atoms with Gasteiger partial charge in [-0.25, -0.2) is 0 Å². The molecule has 0 aliphatic carbocycles. The van der Waals surface area contributed by atoms with Crippen LogP contribution in [0.4, 0.5) is 0 Å². The van der Waals surface area contributed by atoms with Gasteiger partial charge in [-0.05, 0) is 19.1 Å². The van der Waals surface area contributed by atoms with Gasteiger partial charge in [-0.15, -0.1) is 21.5 Å². The molecule has 0 aliphatic heterocycles. The molecule has 2 heterocycles. The maximum absolute atomic E-state index is 10.6.